The van der Waals surface area contributed by atoms with Crippen molar-refractivity contribution in [3.05, 3.63) is 42.2 Å². The minimum absolute atomic E-state index is 0.0190. The maximum absolute atomic E-state index is 5.71. The Bertz CT molecular complexity index is 654. The molecule has 1 aromatic carbocycles. The summed E-state index contributed by atoms with van der Waals surface area (Å²) in [4.78, 5) is 11.9. The molecular formula is C12H14N6. The number of para-hydroxylation sites is 1. The Kier molecular flexibility index (Phi) is 2.56. The Balaban J connectivity index is 2.08. The second-order valence-electron chi connectivity index (χ2n) is 4.19. The van der Waals surface area contributed by atoms with Crippen molar-refractivity contribution >= 4 is 11.0 Å². The van der Waals surface area contributed by atoms with E-state index in [-0.39, 0.29) is 6.04 Å². The van der Waals surface area contributed by atoms with Gasteiger partial charge in [0.25, 0.3) is 0 Å². The van der Waals surface area contributed by atoms with Gasteiger partial charge in [0.2, 0.25) is 0 Å². The van der Waals surface area contributed by atoms with Gasteiger partial charge in [0.15, 0.2) is 0 Å². The summed E-state index contributed by atoms with van der Waals surface area (Å²) in [6, 6.07) is 5.99. The predicted molar refractivity (Wildman–Crippen MR) is 67.8 cm³/mol. The van der Waals surface area contributed by atoms with Gasteiger partial charge < -0.3 is 10.7 Å². The number of fused-ring (bicyclic) bond motifs is 1. The summed E-state index contributed by atoms with van der Waals surface area (Å²) in [6.07, 6.45) is 3.20. The van der Waals surface area contributed by atoms with Crippen molar-refractivity contribution in [2.75, 3.05) is 0 Å². The molecule has 2 aromatic heterocycles. The Hall–Kier alpha value is -2.21. The van der Waals surface area contributed by atoms with Crippen LogP contribution in [0.4, 0.5) is 0 Å². The second-order valence-corrected chi connectivity index (χ2v) is 4.19. The smallest absolute Gasteiger partial charge is 0.137 e. The van der Waals surface area contributed by atoms with Gasteiger partial charge in [0.05, 0.1) is 11.0 Å². The van der Waals surface area contributed by atoms with E-state index in [4.69, 9.17) is 5.73 Å². The van der Waals surface area contributed by atoms with Crippen LogP contribution in [0.2, 0.25) is 0 Å². The number of imidazole rings is 1. The Morgan fingerprint density at radius 1 is 1.44 bits per heavy atom. The van der Waals surface area contributed by atoms with Crippen LogP contribution in [0.1, 0.15) is 24.4 Å². The van der Waals surface area contributed by atoms with Crippen LogP contribution in [0.3, 0.4) is 0 Å². The topological polar surface area (TPSA) is 85.4 Å². The Labute approximate surface area is 104 Å². The number of rotatable bonds is 3. The van der Waals surface area contributed by atoms with Crippen molar-refractivity contribution in [2.45, 2.75) is 19.5 Å². The minimum atomic E-state index is 0.0190. The van der Waals surface area contributed by atoms with E-state index in [9.17, 15) is 0 Å². The molecule has 0 fully saturated rings. The lowest BCUT2D eigenvalue weighted by Gasteiger charge is -2.07. The number of hydrogen-bond donors (Lipinski definition) is 2. The van der Waals surface area contributed by atoms with Crippen LogP contribution < -0.4 is 5.73 Å². The molecule has 0 aliphatic heterocycles. The summed E-state index contributed by atoms with van der Waals surface area (Å²) in [5, 5.41) is 4.13. The van der Waals surface area contributed by atoms with Gasteiger partial charge in [-0.2, -0.15) is 5.10 Å². The zero-order valence-corrected chi connectivity index (χ0v) is 10.0. The van der Waals surface area contributed by atoms with Crippen molar-refractivity contribution < 1.29 is 0 Å². The first kappa shape index (κ1) is 10.9. The fourth-order valence-corrected chi connectivity index (χ4v) is 2.02. The summed E-state index contributed by atoms with van der Waals surface area (Å²) in [6.45, 7) is 2.51. The van der Waals surface area contributed by atoms with Gasteiger partial charge in [-0.25, -0.2) is 14.6 Å². The largest absolute Gasteiger partial charge is 0.340 e. The SMILES string of the molecule is CC(c1nc2c(CN)cccc2[nH]1)n1cncn1. The fourth-order valence-electron chi connectivity index (χ4n) is 2.02. The Morgan fingerprint density at radius 3 is 3.06 bits per heavy atom. The maximum Gasteiger partial charge on any atom is 0.137 e. The number of nitrogens with two attached hydrogens (primary N) is 1. The van der Waals surface area contributed by atoms with Crippen molar-refractivity contribution in [2.24, 2.45) is 5.73 Å². The van der Waals surface area contributed by atoms with Gasteiger partial charge in [-0.3, -0.25) is 0 Å². The summed E-state index contributed by atoms with van der Waals surface area (Å²) >= 11 is 0. The molecule has 1 unspecified atom stereocenters. The molecular weight excluding hydrogens is 228 g/mol. The normalized spacial score (nSPS) is 13.0. The first-order valence-electron chi connectivity index (χ1n) is 5.81. The number of aromatic nitrogens is 5. The number of aromatic amines is 1. The lowest BCUT2D eigenvalue weighted by Crippen LogP contribution is -2.08. The Morgan fingerprint density at radius 2 is 2.33 bits per heavy atom. The van der Waals surface area contributed by atoms with Crippen LogP contribution in [-0.2, 0) is 6.54 Å². The van der Waals surface area contributed by atoms with E-state index in [1.165, 1.54) is 6.33 Å². The van der Waals surface area contributed by atoms with E-state index in [2.05, 4.69) is 20.1 Å². The van der Waals surface area contributed by atoms with Crippen molar-refractivity contribution in [1.82, 2.24) is 24.7 Å². The van der Waals surface area contributed by atoms with E-state index in [1.54, 1.807) is 11.0 Å². The molecule has 0 aliphatic rings. The molecule has 1 atom stereocenters. The van der Waals surface area contributed by atoms with E-state index < -0.39 is 0 Å². The fraction of sp³-hybridized carbons (Fsp3) is 0.250. The van der Waals surface area contributed by atoms with Crippen LogP contribution >= 0.6 is 0 Å². The zero-order chi connectivity index (χ0) is 12.5. The van der Waals surface area contributed by atoms with E-state index in [1.807, 2.05) is 25.1 Å². The van der Waals surface area contributed by atoms with E-state index >= 15 is 0 Å². The van der Waals surface area contributed by atoms with Gasteiger partial charge in [0.1, 0.15) is 24.5 Å². The zero-order valence-electron chi connectivity index (χ0n) is 10.0. The molecule has 3 aromatic rings. The number of H-pyrrole nitrogens is 1. The molecule has 0 bridgehead atoms. The van der Waals surface area contributed by atoms with Crippen LogP contribution in [0.15, 0.2) is 30.9 Å². The van der Waals surface area contributed by atoms with Crippen molar-refractivity contribution in [3.8, 4) is 0 Å². The van der Waals surface area contributed by atoms with Gasteiger partial charge in [-0.15, -0.1) is 0 Å². The average Bonchev–Trinajstić information content (AvgIpc) is 3.05. The predicted octanol–water partition coefficient (Wildman–Crippen LogP) is 1.22. The molecule has 3 N–H and O–H groups in total. The number of nitrogens with one attached hydrogen (secondary N) is 1. The molecule has 18 heavy (non-hydrogen) atoms. The monoisotopic (exact) mass is 242 g/mol. The molecule has 0 saturated carbocycles. The standard InChI is InChI=1S/C12H14N6/c1-8(18-7-14-6-15-18)12-16-10-4-2-3-9(5-13)11(10)17-12/h2-4,6-8H,5,13H2,1H3,(H,16,17). The highest BCUT2D eigenvalue weighted by atomic mass is 15.3. The van der Waals surface area contributed by atoms with Gasteiger partial charge in [-0.05, 0) is 18.6 Å². The molecule has 0 aliphatic carbocycles. The van der Waals surface area contributed by atoms with Gasteiger partial charge in [-0.1, -0.05) is 12.1 Å². The van der Waals surface area contributed by atoms with Crippen molar-refractivity contribution in [3.63, 3.8) is 0 Å². The van der Waals surface area contributed by atoms with Crippen LogP contribution in [0, 0.1) is 0 Å². The number of benzene rings is 1. The molecule has 0 radical (unpaired) electrons. The molecule has 3 rings (SSSR count). The molecule has 6 nitrogen and oxygen atoms in total. The summed E-state index contributed by atoms with van der Waals surface area (Å²) in [7, 11) is 0. The summed E-state index contributed by atoms with van der Waals surface area (Å²) in [5.74, 6) is 0.858. The second kappa shape index (κ2) is 4.23. The third kappa shape index (κ3) is 1.67. The molecule has 92 valence electrons. The third-order valence-corrected chi connectivity index (χ3v) is 3.06. The molecule has 0 amide bonds. The van der Waals surface area contributed by atoms with Gasteiger partial charge in [0, 0.05) is 6.54 Å². The first-order chi connectivity index (χ1) is 8.79. The highest BCUT2D eigenvalue weighted by Crippen LogP contribution is 2.20. The summed E-state index contributed by atoms with van der Waals surface area (Å²) < 4.78 is 1.76. The van der Waals surface area contributed by atoms with Crippen molar-refractivity contribution in [1.29, 1.82) is 0 Å². The molecule has 0 saturated heterocycles. The van der Waals surface area contributed by atoms with E-state index in [0.717, 1.165) is 22.4 Å². The minimum Gasteiger partial charge on any atom is -0.340 e. The lowest BCUT2D eigenvalue weighted by atomic mass is 10.2. The number of nitrogens with zero attached hydrogens (tertiary/aromatic N) is 4. The van der Waals surface area contributed by atoms with Crippen LogP contribution in [0.5, 0.6) is 0 Å². The van der Waals surface area contributed by atoms with E-state index in [0.29, 0.717) is 6.54 Å². The van der Waals surface area contributed by atoms with Crippen LogP contribution in [-0.4, -0.2) is 24.7 Å². The van der Waals surface area contributed by atoms with Gasteiger partial charge >= 0.3 is 0 Å². The maximum atomic E-state index is 5.71. The number of hydrogen-bond acceptors (Lipinski definition) is 4. The third-order valence-electron chi connectivity index (χ3n) is 3.06. The molecule has 2 heterocycles. The van der Waals surface area contributed by atoms with Crippen LogP contribution in [0.25, 0.3) is 11.0 Å². The average molecular weight is 242 g/mol. The highest BCUT2D eigenvalue weighted by molar-refractivity contribution is 5.78. The highest BCUT2D eigenvalue weighted by Gasteiger charge is 2.14. The quantitative estimate of drug-likeness (QED) is 0.723. The lowest BCUT2D eigenvalue weighted by molar-refractivity contribution is 0.540. The summed E-state index contributed by atoms with van der Waals surface area (Å²) in [5.41, 5.74) is 8.69. The molecule has 0 spiro atoms. The molecule has 6 heteroatoms. The first-order valence-corrected chi connectivity index (χ1v) is 5.81.